The highest BCUT2D eigenvalue weighted by Crippen LogP contribution is 2.38. The standard InChI is InChI=1S/C21H21NO4/c1-25-20(23)18-14-13-17(22(18)21(24)26-2)19(15-9-5-3-6-10-15)16-11-7-4-8-12-16/h3-12,18H,13-14H2,1-2H3/t18-/m0/s1. The van der Waals surface area contributed by atoms with Gasteiger partial charge in [-0.05, 0) is 24.0 Å². The van der Waals surface area contributed by atoms with Crippen LogP contribution in [0.1, 0.15) is 24.0 Å². The van der Waals surface area contributed by atoms with Crippen molar-refractivity contribution in [2.45, 2.75) is 18.9 Å². The van der Waals surface area contributed by atoms with Gasteiger partial charge in [0.25, 0.3) is 0 Å². The van der Waals surface area contributed by atoms with Crippen molar-refractivity contribution >= 4 is 17.6 Å². The second kappa shape index (κ2) is 7.87. The summed E-state index contributed by atoms with van der Waals surface area (Å²) in [6, 6.07) is 19.0. The monoisotopic (exact) mass is 351 g/mol. The van der Waals surface area contributed by atoms with Gasteiger partial charge in [0.05, 0.1) is 14.2 Å². The smallest absolute Gasteiger partial charge is 0.414 e. The van der Waals surface area contributed by atoms with Crippen molar-refractivity contribution in [1.29, 1.82) is 0 Å². The van der Waals surface area contributed by atoms with Gasteiger partial charge in [0.1, 0.15) is 6.04 Å². The van der Waals surface area contributed by atoms with Crippen LogP contribution in [0.25, 0.3) is 5.57 Å². The Morgan fingerprint density at radius 2 is 1.42 bits per heavy atom. The maximum absolute atomic E-state index is 12.5. The fraction of sp³-hybridized carbons (Fsp3) is 0.238. The van der Waals surface area contributed by atoms with E-state index in [2.05, 4.69) is 0 Å². The molecule has 0 unspecified atom stereocenters. The average molecular weight is 351 g/mol. The molecule has 0 spiro atoms. The van der Waals surface area contributed by atoms with Crippen molar-refractivity contribution in [2.75, 3.05) is 14.2 Å². The third-order valence-corrected chi connectivity index (χ3v) is 4.52. The molecule has 3 rings (SSSR count). The summed E-state index contributed by atoms with van der Waals surface area (Å²) >= 11 is 0. The number of hydrogen-bond donors (Lipinski definition) is 0. The molecule has 1 aliphatic heterocycles. The van der Waals surface area contributed by atoms with Gasteiger partial charge in [-0.2, -0.15) is 0 Å². The molecule has 1 fully saturated rings. The normalized spacial score (nSPS) is 16.3. The van der Waals surface area contributed by atoms with Crippen LogP contribution in [0.15, 0.2) is 66.4 Å². The van der Waals surface area contributed by atoms with Crippen LogP contribution < -0.4 is 0 Å². The van der Waals surface area contributed by atoms with Gasteiger partial charge in [0.2, 0.25) is 0 Å². The second-order valence-electron chi connectivity index (χ2n) is 5.97. The van der Waals surface area contributed by atoms with Crippen molar-refractivity contribution < 1.29 is 19.1 Å². The third kappa shape index (κ3) is 3.33. The first-order valence-corrected chi connectivity index (χ1v) is 8.46. The minimum atomic E-state index is -0.676. The molecule has 1 heterocycles. The van der Waals surface area contributed by atoms with Gasteiger partial charge in [-0.1, -0.05) is 60.7 Å². The van der Waals surface area contributed by atoms with E-state index in [9.17, 15) is 9.59 Å². The van der Waals surface area contributed by atoms with Crippen molar-refractivity contribution in [1.82, 2.24) is 4.90 Å². The van der Waals surface area contributed by atoms with E-state index in [1.54, 1.807) is 0 Å². The molecule has 5 heteroatoms. The number of esters is 1. The van der Waals surface area contributed by atoms with Crippen LogP contribution in [-0.4, -0.2) is 37.2 Å². The summed E-state index contributed by atoms with van der Waals surface area (Å²) in [6.07, 6.45) is 0.520. The minimum absolute atomic E-state index is 0.439. The summed E-state index contributed by atoms with van der Waals surface area (Å²) in [6.45, 7) is 0. The number of carbonyl (C=O) groups is 2. The molecule has 2 aromatic rings. The van der Waals surface area contributed by atoms with Gasteiger partial charge in [0, 0.05) is 11.3 Å². The highest BCUT2D eigenvalue weighted by atomic mass is 16.5. The largest absolute Gasteiger partial charge is 0.467 e. The predicted molar refractivity (Wildman–Crippen MR) is 98.2 cm³/mol. The second-order valence-corrected chi connectivity index (χ2v) is 5.97. The number of allylic oxidation sites excluding steroid dienone is 1. The van der Waals surface area contributed by atoms with Gasteiger partial charge in [0.15, 0.2) is 0 Å². The molecule has 1 atom stereocenters. The summed E-state index contributed by atoms with van der Waals surface area (Å²) in [7, 11) is 2.64. The Morgan fingerprint density at radius 3 is 1.88 bits per heavy atom. The van der Waals surface area contributed by atoms with E-state index in [4.69, 9.17) is 9.47 Å². The van der Waals surface area contributed by atoms with E-state index < -0.39 is 18.1 Å². The molecule has 134 valence electrons. The maximum Gasteiger partial charge on any atom is 0.414 e. The summed E-state index contributed by atoms with van der Waals surface area (Å²) in [5.74, 6) is -0.439. The first-order valence-electron chi connectivity index (χ1n) is 8.46. The van der Waals surface area contributed by atoms with E-state index in [1.807, 2.05) is 60.7 Å². The average Bonchev–Trinajstić information content (AvgIpc) is 3.13. The topological polar surface area (TPSA) is 55.8 Å². The summed E-state index contributed by atoms with van der Waals surface area (Å²) in [4.78, 5) is 26.1. The Labute approximate surface area is 152 Å². The molecule has 0 radical (unpaired) electrons. The fourth-order valence-corrected chi connectivity index (χ4v) is 3.36. The Morgan fingerprint density at radius 1 is 0.885 bits per heavy atom. The van der Waals surface area contributed by atoms with E-state index in [1.165, 1.54) is 19.1 Å². The molecular formula is C21H21NO4. The SMILES string of the molecule is COC(=O)[C@@H]1CCC(=C(c2ccccc2)c2ccccc2)N1C(=O)OC. The van der Waals surface area contributed by atoms with Crippen LogP contribution in [-0.2, 0) is 14.3 Å². The van der Waals surface area contributed by atoms with Crippen molar-refractivity contribution in [3.05, 3.63) is 77.5 Å². The predicted octanol–water partition coefficient (Wildman–Crippen LogP) is 3.85. The summed E-state index contributed by atoms with van der Waals surface area (Å²) in [5.41, 5.74) is 3.65. The van der Waals surface area contributed by atoms with Gasteiger partial charge < -0.3 is 9.47 Å². The van der Waals surface area contributed by atoms with E-state index in [-0.39, 0.29) is 0 Å². The molecule has 26 heavy (non-hydrogen) atoms. The Balaban J connectivity index is 2.20. The third-order valence-electron chi connectivity index (χ3n) is 4.52. The molecule has 1 aliphatic rings. The zero-order chi connectivity index (χ0) is 18.5. The van der Waals surface area contributed by atoms with E-state index >= 15 is 0 Å². The first kappa shape index (κ1) is 17.7. The number of likely N-dealkylation sites (tertiary alicyclic amines) is 1. The number of nitrogens with zero attached hydrogens (tertiary/aromatic N) is 1. The zero-order valence-corrected chi connectivity index (χ0v) is 14.8. The van der Waals surface area contributed by atoms with Crippen molar-refractivity contribution in [2.24, 2.45) is 0 Å². The van der Waals surface area contributed by atoms with Crippen LogP contribution in [0.3, 0.4) is 0 Å². The lowest BCUT2D eigenvalue weighted by Gasteiger charge is -2.25. The fourth-order valence-electron chi connectivity index (χ4n) is 3.36. The number of benzene rings is 2. The number of rotatable bonds is 3. The highest BCUT2D eigenvalue weighted by Gasteiger charge is 2.41. The van der Waals surface area contributed by atoms with Crippen LogP contribution in [0.5, 0.6) is 0 Å². The Bertz CT molecular complexity index is 773. The molecule has 0 aromatic heterocycles. The van der Waals surface area contributed by atoms with Crippen LogP contribution in [0, 0.1) is 0 Å². The molecule has 0 saturated carbocycles. The lowest BCUT2D eigenvalue weighted by molar-refractivity contribution is -0.145. The lowest BCUT2D eigenvalue weighted by atomic mass is 9.95. The maximum atomic E-state index is 12.5. The van der Waals surface area contributed by atoms with Gasteiger partial charge >= 0.3 is 12.1 Å². The zero-order valence-electron chi connectivity index (χ0n) is 14.8. The number of amides is 1. The molecule has 5 nitrogen and oxygen atoms in total. The number of ether oxygens (including phenoxy) is 2. The number of hydrogen-bond acceptors (Lipinski definition) is 4. The number of methoxy groups -OCH3 is 2. The van der Waals surface area contributed by atoms with Crippen LogP contribution >= 0.6 is 0 Å². The Kier molecular flexibility index (Phi) is 5.37. The molecule has 1 amide bonds. The quantitative estimate of drug-likeness (QED) is 0.788. The molecule has 0 N–H and O–H groups in total. The van der Waals surface area contributed by atoms with Crippen molar-refractivity contribution in [3.63, 3.8) is 0 Å². The highest BCUT2D eigenvalue weighted by molar-refractivity contribution is 5.89. The van der Waals surface area contributed by atoms with E-state index in [0.717, 1.165) is 22.4 Å². The van der Waals surface area contributed by atoms with Crippen LogP contribution in [0.2, 0.25) is 0 Å². The van der Waals surface area contributed by atoms with Gasteiger partial charge in [-0.15, -0.1) is 0 Å². The Hall–Kier alpha value is -3.08. The molecule has 0 bridgehead atoms. The summed E-state index contributed by atoms with van der Waals surface area (Å²) < 4.78 is 9.84. The van der Waals surface area contributed by atoms with Gasteiger partial charge in [-0.3, -0.25) is 4.90 Å². The first-order chi connectivity index (χ1) is 12.7. The molecule has 2 aromatic carbocycles. The molecule has 0 aliphatic carbocycles. The van der Waals surface area contributed by atoms with Gasteiger partial charge in [-0.25, -0.2) is 9.59 Å². The summed E-state index contributed by atoms with van der Waals surface area (Å²) in [5, 5.41) is 0. The minimum Gasteiger partial charge on any atom is -0.467 e. The molecular weight excluding hydrogens is 330 g/mol. The number of carbonyl (C=O) groups excluding carboxylic acids is 2. The molecule has 1 saturated heterocycles. The van der Waals surface area contributed by atoms with Crippen LogP contribution in [0.4, 0.5) is 4.79 Å². The van der Waals surface area contributed by atoms with Crippen molar-refractivity contribution in [3.8, 4) is 0 Å². The van der Waals surface area contributed by atoms with E-state index in [0.29, 0.717) is 12.8 Å². The lowest BCUT2D eigenvalue weighted by Crippen LogP contribution is -2.40.